The fourth-order valence-electron chi connectivity index (χ4n) is 0.961. The zero-order valence-electron chi connectivity index (χ0n) is 4.88. The molecular formula is C7H7BrS. The van der Waals surface area contributed by atoms with Crippen LogP contribution in [0.4, 0.5) is 0 Å². The van der Waals surface area contributed by atoms with Gasteiger partial charge in [-0.25, -0.2) is 0 Å². The maximum Gasteiger partial charge on any atom is 0.0229 e. The van der Waals surface area contributed by atoms with Crippen LogP contribution in [0.25, 0.3) is 0 Å². The molecule has 1 aromatic rings. The highest BCUT2D eigenvalue weighted by Crippen LogP contribution is 2.47. The fraction of sp³-hybridized carbons (Fsp3) is 0.429. The van der Waals surface area contributed by atoms with E-state index in [0.29, 0.717) is 0 Å². The van der Waals surface area contributed by atoms with Gasteiger partial charge in [0, 0.05) is 15.6 Å². The Bertz CT molecular complexity index is 193. The SMILES string of the molecule is BrC1CC1c1cccs1. The standard InChI is InChI=1S/C7H7BrS/c8-6-4-5(6)7-2-1-3-9-7/h1-3,5-6H,4H2. The molecule has 0 aliphatic heterocycles. The third-order valence-electron chi connectivity index (χ3n) is 1.62. The molecule has 0 saturated heterocycles. The molecule has 1 aliphatic rings. The van der Waals surface area contributed by atoms with Gasteiger partial charge in [0.15, 0.2) is 0 Å². The van der Waals surface area contributed by atoms with E-state index in [1.165, 1.54) is 11.3 Å². The zero-order valence-corrected chi connectivity index (χ0v) is 7.28. The lowest BCUT2D eigenvalue weighted by Gasteiger charge is -1.85. The molecule has 1 aromatic heterocycles. The van der Waals surface area contributed by atoms with E-state index in [9.17, 15) is 0 Å². The van der Waals surface area contributed by atoms with Crippen LogP contribution in [-0.4, -0.2) is 4.83 Å². The molecule has 1 heterocycles. The summed E-state index contributed by atoms with van der Waals surface area (Å²) < 4.78 is 0. The molecule has 1 fully saturated rings. The highest BCUT2D eigenvalue weighted by atomic mass is 79.9. The monoisotopic (exact) mass is 202 g/mol. The smallest absolute Gasteiger partial charge is 0.0229 e. The summed E-state index contributed by atoms with van der Waals surface area (Å²) in [5, 5.41) is 2.15. The highest BCUT2D eigenvalue weighted by Gasteiger charge is 2.36. The summed E-state index contributed by atoms with van der Waals surface area (Å²) in [6.45, 7) is 0. The summed E-state index contributed by atoms with van der Waals surface area (Å²) in [5.41, 5.74) is 0. The molecule has 2 unspecified atom stereocenters. The molecule has 0 radical (unpaired) electrons. The van der Waals surface area contributed by atoms with E-state index < -0.39 is 0 Å². The first-order valence-electron chi connectivity index (χ1n) is 3.05. The van der Waals surface area contributed by atoms with Crippen molar-refractivity contribution in [3.8, 4) is 0 Å². The second-order valence-corrected chi connectivity index (χ2v) is 4.53. The van der Waals surface area contributed by atoms with Crippen molar-refractivity contribution < 1.29 is 0 Å². The first-order chi connectivity index (χ1) is 4.38. The lowest BCUT2D eigenvalue weighted by Crippen LogP contribution is -1.70. The van der Waals surface area contributed by atoms with Gasteiger partial charge in [-0.05, 0) is 17.9 Å². The van der Waals surface area contributed by atoms with Crippen LogP contribution in [0.15, 0.2) is 17.5 Å². The number of halogens is 1. The number of hydrogen-bond donors (Lipinski definition) is 0. The van der Waals surface area contributed by atoms with Gasteiger partial charge in [-0.3, -0.25) is 0 Å². The van der Waals surface area contributed by atoms with Crippen molar-refractivity contribution in [2.24, 2.45) is 0 Å². The van der Waals surface area contributed by atoms with Crippen LogP contribution in [0.2, 0.25) is 0 Å². The van der Waals surface area contributed by atoms with Gasteiger partial charge in [-0.1, -0.05) is 22.0 Å². The molecule has 2 heteroatoms. The minimum absolute atomic E-state index is 0.774. The molecule has 0 bridgehead atoms. The van der Waals surface area contributed by atoms with Crippen LogP contribution >= 0.6 is 27.3 Å². The van der Waals surface area contributed by atoms with E-state index in [-0.39, 0.29) is 0 Å². The molecular weight excluding hydrogens is 196 g/mol. The van der Waals surface area contributed by atoms with Crippen molar-refractivity contribution in [3.05, 3.63) is 22.4 Å². The van der Waals surface area contributed by atoms with Gasteiger partial charge in [0.05, 0.1) is 0 Å². The van der Waals surface area contributed by atoms with E-state index in [1.54, 1.807) is 0 Å². The maximum absolute atomic E-state index is 3.58. The van der Waals surface area contributed by atoms with Crippen LogP contribution in [-0.2, 0) is 0 Å². The Labute approximate surface area is 67.0 Å². The lowest BCUT2D eigenvalue weighted by atomic mass is 10.3. The molecule has 2 atom stereocenters. The maximum atomic E-state index is 3.58. The van der Waals surface area contributed by atoms with Gasteiger partial charge < -0.3 is 0 Å². The normalized spacial score (nSPS) is 32.6. The zero-order chi connectivity index (χ0) is 6.27. The third-order valence-corrected chi connectivity index (χ3v) is 3.64. The van der Waals surface area contributed by atoms with E-state index >= 15 is 0 Å². The Morgan fingerprint density at radius 1 is 1.67 bits per heavy atom. The molecule has 9 heavy (non-hydrogen) atoms. The van der Waals surface area contributed by atoms with Crippen LogP contribution < -0.4 is 0 Å². The first kappa shape index (κ1) is 5.93. The summed E-state index contributed by atoms with van der Waals surface area (Å²) >= 11 is 5.44. The predicted molar refractivity (Wildman–Crippen MR) is 44.4 cm³/mol. The number of rotatable bonds is 1. The van der Waals surface area contributed by atoms with E-state index in [1.807, 2.05) is 11.3 Å². The van der Waals surface area contributed by atoms with Gasteiger partial charge in [0.25, 0.3) is 0 Å². The van der Waals surface area contributed by atoms with Crippen molar-refractivity contribution in [3.63, 3.8) is 0 Å². The minimum Gasteiger partial charge on any atom is -0.149 e. The van der Waals surface area contributed by atoms with Crippen molar-refractivity contribution in [2.75, 3.05) is 0 Å². The number of thiophene rings is 1. The van der Waals surface area contributed by atoms with Crippen LogP contribution in [0.1, 0.15) is 17.2 Å². The van der Waals surface area contributed by atoms with Gasteiger partial charge >= 0.3 is 0 Å². The van der Waals surface area contributed by atoms with Gasteiger partial charge in [0.1, 0.15) is 0 Å². The van der Waals surface area contributed by atoms with Gasteiger partial charge in [-0.2, -0.15) is 0 Å². The average molecular weight is 203 g/mol. The molecule has 0 aromatic carbocycles. The predicted octanol–water partition coefficient (Wildman–Crippen LogP) is 3.00. The highest BCUT2D eigenvalue weighted by molar-refractivity contribution is 9.09. The Hall–Kier alpha value is 0.180. The number of hydrogen-bond acceptors (Lipinski definition) is 1. The van der Waals surface area contributed by atoms with Crippen molar-refractivity contribution in [1.29, 1.82) is 0 Å². The topological polar surface area (TPSA) is 0 Å². The molecule has 0 nitrogen and oxygen atoms in total. The Balaban J connectivity index is 2.18. The summed E-state index contributed by atoms with van der Waals surface area (Å²) in [4.78, 5) is 2.31. The van der Waals surface area contributed by atoms with Crippen molar-refractivity contribution in [2.45, 2.75) is 17.2 Å². The van der Waals surface area contributed by atoms with Crippen molar-refractivity contribution in [1.82, 2.24) is 0 Å². The second-order valence-electron chi connectivity index (χ2n) is 2.37. The minimum atomic E-state index is 0.774. The molecule has 0 N–H and O–H groups in total. The number of alkyl halides is 1. The molecule has 1 aliphatic carbocycles. The van der Waals surface area contributed by atoms with Crippen molar-refractivity contribution >= 4 is 27.3 Å². The van der Waals surface area contributed by atoms with Gasteiger partial charge in [-0.15, -0.1) is 11.3 Å². The Morgan fingerprint density at radius 2 is 2.44 bits per heavy atom. The molecule has 1 saturated carbocycles. The van der Waals surface area contributed by atoms with E-state index in [4.69, 9.17) is 0 Å². The molecule has 0 spiro atoms. The van der Waals surface area contributed by atoms with E-state index in [2.05, 4.69) is 33.4 Å². The average Bonchev–Trinajstić information content (AvgIpc) is 2.44. The van der Waals surface area contributed by atoms with Crippen LogP contribution in [0.3, 0.4) is 0 Å². The Kier molecular flexibility index (Phi) is 1.38. The van der Waals surface area contributed by atoms with Crippen LogP contribution in [0.5, 0.6) is 0 Å². The second kappa shape index (κ2) is 2.10. The largest absolute Gasteiger partial charge is 0.149 e. The lowest BCUT2D eigenvalue weighted by molar-refractivity contribution is 1.19. The summed E-state index contributed by atoms with van der Waals surface area (Å²) in [5.74, 6) is 0.838. The van der Waals surface area contributed by atoms with E-state index in [0.717, 1.165) is 10.7 Å². The molecule has 0 amide bonds. The molecule has 48 valence electrons. The molecule has 2 rings (SSSR count). The summed E-state index contributed by atoms with van der Waals surface area (Å²) in [6.07, 6.45) is 1.33. The summed E-state index contributed by atoms with van der Waals surface area (Å²) in [6, 6.07) is 4.34. The van der Waals surface area contributed by atoms with Crippen LogP contribution in [0, 0.1) is 0 Å². The first-order valence-corrected chi connectivity index (χ1v) is 4.85. The third kappa shape index (κ3) is 1.06. The van der Waals surface area contributed by atoms with Gasteiger partial charge in [0.2, 0.25) is 0 Å². The summed E-state index contributed by atoms with van der Waals surface area (Å²) in [7, 11) is 0. The Morgan fingerprint density at radius 3 is 2.89 bits per heavy atom. The quantitative estimate of drug-likeness (QED) is 0.615. The fourth-order valence-corrected chi connectivity index (χ4v) is 2.73.